The zero-order chi connectivity index (χ0) is 20.2. The first-order valence-electron chi connectivity index (χ1n) is 11.2. The van der Waals surface area contributed by atoms with E-state index < -0.39 is 0 Å². The molecule has 2 aliphatic heterocycles. The van der Waals surface area contributed by atoms with Crippen LogP contribution in [-0.2, 0) is 4.74 Å². The first kappa shape index (κ1) is 20.4. The second kappa shape index (κ2) is 9.26. The molecule has 1 N–H and O–H groups in total. The first-order valence-corrected chi connectivity index (χ1v) is 11.2. The fraction of sp³-hybridized carbons (Fsp3) is 0.652. The normalized spacial score (nSPS) is 19.8. The van der Waals surface area contributed by atoms with Crippen LogP contribution in [-0.4, -0.2) is 60.0 Å². The number of nitrogens with zero attached hydrogens (tertiary/aromatic N) is 3. The van der Waals surface area contributed by atoms with Crippen molar-refractivity contribution in [2.24, 2.45) is 11.8 Å². The van der Waals surface area contributed by atoms with Crippen LogP contribution in [0.2, 0.25) is 0 Å². The third-order valence-electron chi connectivity index (χ3n) is 6.43. The van der Waals surface area contributed by atoms with Gasteiger partial charge in [0.2, 0.25) is 0 Å². The van der Waals surface area contributed by atoms with Gasteiger partial charge in [0.05, 0.1) is 5.52 Å². The minimum Gasteiger partial charge on any atom is -0.381 e. The van der Waals surface area contributed by atoms with E-state index in [1.54, 1.807) is 0 Å². The number of aromatic nitrogens is 2. The summed E-state index contributed by atoms with van der Waals surface area (Å²) >= 11 is 0. The van der Waals surface area contributed by atoms with E-state index in [1.807, 2.05) is 28.9 Å². The van der Waals surface area contributed by atoms with Gasteiger partial charge in [-0.1, -0.05) is 18.2 Å². The molecule has 0 saturated carbocycles. The largest absolute Gasteiger partial charge is 0.381 e. The van der Waals surface area contributed by atoms with E-state index in [4.69, 9.17) is 4.74 Å². The first-order chi connectivity index (χ1) is 14.1. The van der Waals surface area contributed by atoms with E-state index >= 15 is 0 Å². The van der Waals surface area contributed by atoms with Crippen molar-refractivity contribution in [2.75, 3.05) is 39.4 Å². The van der Waals surface area contributed by atoms with Crippen molar-refractivity contribution in [2.45, 2.75) is 45.6 Å². The molecule has 1 aromatic carbocycles. The molecule has 2 aromatic rings. The number of nitrogens with one attached hydrogen (secondary N) is 1. The SMILES string of the molecule is CC(C)n1nc(C(=O)NCC2CCN(CC3CCOCC3)CC2)c2ccccc21. The Labute approximate surface area is 173 Å². The quantitative estimate of drug-likeness (QED) is 0.809. The Bertz CT molecular complexity index is 817. The van der Waals surface area contributed by atoms with Crippen LogP contribution in [0.1, 0.15) is 56.1 Å². The average Bonchev–Trinajstić information content (AvgIpc) is 3.14. The highest BCUT2D eigenvalue weighted by molar-refractivity contribution is 6.04. The molecule has 6 heteroatoms. The molecule has 2 aliphatic rings. The fourth-order valence-corrected chi connectivity index (χ4v) is 4.64. The molecule has 6 nitrogen and oxygen atoms in total. The predicted octanol–water partition coefficient (Wildman–Crippen LogP) is 3.49. The molecule has 0 atom stereocenters. The molecule has 0 radical (unpaired) electrons. The molecule has 0 unspecified atom stereocenters. The number of carbonyl (C=O) groups excluding carboxylic acids is 1. The predicted molar refractivity (Wildman–Crippen MR) is 115 cm³/mol. The number of para-hydroxylation sites is 1. The van der Waals surface area contributed by atoms with Crippen LogP contribution in [0.4, 0.5) is 0 Å². The van der Waals surface area contributed by atoms with Gasteiger partial charge in [0.15, 0.2) is 5.69 Å². The molecule has 0 spiro atoms. The van der Waals surface area contributed by atoms with E-state index in [0.717, 1.165) is 62.5 Å². The zero-order valence-corrected chi connectivity index (χ0v) is 17.8. The summed E-state index contributed by atoms with van der Waals surface area (Å²) in [5.41, 5.74) is 1.57. The third-order valence-corrected chi connectivity index (χ3v) is 6.43. The van der Waals surface area contributed by atoms with Crippen molar-refractivity contribution in [3.63, 3.8) is 0 Å². The van der Waals surface area contributed by atoms with Crippen molar-refractivity contribution in [3.05, 3.63) is 30.0 Å². The van der Waals surface area contributed by atoms with Gasteiger partial charge in [-0.15, -0.1) is 0 Å². The number of benzene rings is 1. The minimum atomic E-state index is -0.0507. The van der Waals surface area contributed by atoms with Gasteiger partial charge >= 0.3 is 0 Å². The van der Waals surface area contributed by atoms with Gasteiger partial charge in [0.25, 0.3) is 5.91 Å². The average molecular weight is 399 g/mol. The molecule has 1 amide bonds. The third kappa shape index (κ3) is 4.81. The van der Waals surface area contributed by atoms with Crippen molar-refractivity contribution < 1.29 is 9.53 Å². The molecule has 0 bridgehead atoms. The summed E-state index contributed by atoms with van der Waals surface area (Å²) in [5, 5.41) is 8.71. The Kier molecular flexibility index (Phi) is 6.50. The minimum absolute atomic E-state index is 0.0507. The summed E-state index contributed by atoms with van der Waals surface area (Å²) in [6.45, 7) is 10.3. The van der Waals surface area contributed by atoms with Crippen molar-refractivity contribution >= 4 is 16.8 Å². The Hall–Kier alpha value is -1.92. The lowest BCUT2D eigenvalue weighted by molar-refractivity contribution is 0.0467. The highest BCUT2D eigenvalue weighted by atomic mass is 16.5. The number of fused-ring (bicyclic) bond motifs is 1. The van der Waals surface area contributed by atoms with Crippen LogP contribution in [0.25, 0.3) is 10.9 Å². The maximum atomic E-state index is 12.9. The lowest BCUT2D eigenvalue weighted by Gasteiger charge is -2.35. The monoisotopic (exact) mass is 398 g/mol. The van der Waals surface area contributed by atoms with Crippen molar-refractivity contribution in [1.29, 1.82) is 0 Å². The summed E-state index contributed by atoms with van der Waals surface area (Å²) < 4.78 is 7.42. The number of likely N-dealkylation sites (tertiary alicyclic amines) is 1. The van der Waals surface area contributed by atoms with Gasteiger partial charge in [-0.05, 0) is 70.5 Å². The van der Waals surface area contributed by atoms with Gasteiger partial charge < -0.3 is 15.0 Å². The number of rotatable bonds is 6. The summed E-state index contributed by atoms with van der Waals surface area (Å²) in [6, 6.07) is 8.22. The van der Waals surface area contributed by atoms with Gasteiger partial charge in [0, 0.05) is 37.7 Å². The Morgan fingerprint density at radius 3 is 2.59 bits per heavy atom. The lowest BCUT2D eigenvalue weighted by Crippen LogP contribution is -2.41. The Morgan fingerprint density at radius 1 is 1.14 bits per heavy atom. The van der Waals surface area contributed by atoms with E-state index in [1.165, 1.54) is 19.4 Å². The van der Waals surface area contributed by atoms with Gasteiger partial charge in [0.1, 0.15) is 0 Å². The highest BCUT2D eigenvalue weighted by Gasteiger charge is 2.24. The number of carbonyl (C=O) groups is 1. The van der Waals surface area contributed by atoms with E-state index in [2.05, 4.69) is 29.2 Å². The number of amides is 1. The van der Waals surface area contributed by atoms with E-state index in [9.17, 15) is 4.79 Å². The molecule has 29 heavy (non-hydrogen) atoms. The summed E-state index contributed by atoms with van der Waals surface area (Å²) in [7, 11) is 0. The highest BCUT2D eigenvalue weighted by Crippen LogP contribution is 2.23. The van der Waals surface area contributed by atoms with Crippen molar-refractivity contribution in [3.8, 4) is 0 Å². The summed E-state index contributed by atoms with van der Waals surface area (Å²) in [5.74, 6) is 1.30. The summed E-state index contributed by atoms with van der Waals surface area (Å²) in [4.78, 5) is 15.5. The molecule has 0 aliphatic carbocycles. The molecular formula is C23H34N4O2. The maximum Gasteiger partial charge on any atom is 0.272 e. The van der Waals surface area contributed by atoms with Crippen LogP contribution in [0.5, 0.6) is 0 Å². The Morgan fingerprint density at radius 2 is 1.86 bits per heavy atom. The molecule has 1 aromatic heterocycles. The molecule has 3 heterocycles. The number of ether oxygens (including phenoxy) is 1. The standard InChI is InChI=1S/C23H34N4O2/c1-17(2)27-21-6-4-3-5-20(21)22(25-27)23(28)24-15-18-7-11-26(12-8-18)16-19-9-13-29-14-10-19/h3-6,17-19H,7-16H2,1-2H3,(H,24,28). The second-order valence-electron chi connectivity index (χ2n) is 8.91. The van der Waals surface area contributed by atoms with Crippen LogP contribution in [0, 0.1) is 11.8 Å². The molecule has 2 fully saturated rings. The second-order valence-corrected chi connectivity index (χ2v) is 8.91. The molecular weight excluding hydrogens is 364 g/mol. The van der Waals surface area contributed by atoms with Gasteiger partial charge in [-0.25, -0.2) is 0 Å². The van der Waals surface area contributed by atoms with Crippen LogP contribution in [0.3, 0.4) is 0 Å². The Balaban J connectivity index is 1.29. The van der Waals surface area contributed by atoms with Crippen LogP contribution >= 0.6 is 0 Å². The lowest BCUT2D eigenvalue weighted by atomic mass is 9.94. The van der Waals surface area contributed by atoms with Gasteiger partial charge in [-0.2, -0.15) is 5.10 Å². The number of hydrogen-bond acceptors (Lipinski definition) is 4. The maximum absolute atomic E-state index is 12.9. The summed E-state index contributed by atoms with van der Waals surface area (Å²) in [6.07, 6.45) is 4.72. The topological polar surface area (TPSA) is 59.4 Å². The molecule has 158 valence electrons. The van der Waals surface area contributed by atoms with Crippen LogP contribution < -0.4 is 5.32 Å². The smallest absolute Gasteiger partial charge is 0.272 e. The molecule has 4 rings (SSSR count). The van der Waals surface area contributed by atoms with Gasteiger partial charge in [-0.3, -0.25) is 9.48 Å². The van der Waals surface area contributed by atoms with Crippen LogP contribution in [0.15, 0.2) is 24.3 Å². The molecule has 2 saturated heterocycles. The van der Waals surface area contributed by atoms with Crippen molar-refractivity contribution in [1.82, 2.24) is 20.0 Å². The fourth-order valence-electron chi connectivity index (χ4n) is 4.64. The number of piperidine rings is 1. The van der Waals surface area contributed by atoms with E-state index in [-0.39, 0.29) is 11.9 Å². The zero-order valence-electron chi connectivity index (χ0n) is 17.8. The number of hydrogen-bond donors (Lipinski definition) is 1. The van der Waals surface area contributed by atoms with E-state index in [0.29, 0.717) is 11.6 Å².